The second-order valence-corrected chi connectivity index (χ2v) is 27.9. The van der Waals surface area contributed by atoms with Crippen LogP contribution in [0.1, 0.15) is 139 Å². The molecule has 0 aliphatic carbocycles. The lowest BCUT2D eigenvalue weighted by Crippen LogP contribution is -2.56. The van der Waals surface area contributed by atoms with Gasteiger partial charge in [0.2, 0.25) is 41.4 Å². The van der Waals surface area contributed by atoms with E-state index in [-0.39, 0.29) is 77.2 Å². The first-order valence-electron chi connectivity index (χ1n) is 30.3. The van der Waals surface area contributed by atoms with Crippen LogP contribution in [-0.2, 0) is 51.9 Å². The number of nitrogens with two attached hydrogens (primary N) is 6. The first-order chi connectivity index (χ1) is 42.0. The van der Waals surface area contributed by atoms with Gasteiger partial charge in [0.1, 0.15) is 24.1 Å². The molecule has 8 rings (SSSR count). The number of benzene rings is 1. The minimum atomic E-state index is -5.09. The maximum Gasteiger partial charge on any atom is 0.472 e. The molecule has 29 heteroatoms. The number of ether oxygens (including phenoxy) is 2. The molecule has 15 atom stereocenters. The molecule has 7 heterocycles. The van der Waals surface area contributed by atoms with E-state index in [2.05, 4.69) is 15.6 Å². The molecule has 1 aromatic carbocycles. The number of allylic oxidation sites excluding steroid dienone is 6. The number of nitrogens with zero attached hydrogens (tertiary/aromatic N) is 5. The number of phosphoric acid groups is 1. The van der Waals surface area contributed by atoms with Crippen molar-refractivity contribution < 1.29 is 71.8 Å². The number of carbonyl (C=O) groups excluding carboxylic acids is 7. The monoisotopic (exact) mass is 1270 g/mol. The SMILES string of the molecule is COc1ccc2ncn([C@H]3O[C@H](CO)[C@@H](OP(=O)(O)O[C@H](C)CNC(=O)CC[C@@]4(C)C5=N[C@H]([C@@H]4CC(N)=O)[C@]4(C)N=C(/C(C)=C6\NC(=CC7=NC(=C5C)[C@@H](CCC(N)=O)C7(C)C)[C@@H](CCC(N)=O)[C@]6(C)CC(N)=O)[C@@H](CCC(N)=O)[C@]4(C)CC(N)=O)[C@H]3O)c2c1. The molecule has 28 nitrogen and oxygen atoms in total. The summed E-state index contributed by atoms with van der Waals surface area (Å²) in [7, 11) is -3.60. The number of nitrogens with one attached hydrogen (secondary N) is 2. The Morgan fingerprint density at radius 1 is 0.833 bits per heavy atom. The van der Waals surface area contributed by atoms with E-state index in [0.29, 0.717) is 62.2 Å². The smallest absolute Gasteiger partial charge is 0.472 e. The number of phosphoric ester groups is 1. The number of aliphatic hydroxyl groups is 2. The van der Waals surface area contributed by atoms with E-state index in [4.69, 9.17) is 67.9 Å². The van der Waals surface area contributed by atoms with Gasteiger partial charge in [-0.05, 0) is 82.7 Å². The molecule has 2 aromatic rings. The van der Waals surface area contributed by atoms with Crippen molar-refractivity contribution in [2.75, 3.05) is 20.3 Å². The third-order valence-electron chi connectivity index (χ3n) is 20.2. The van der Waals surface area contributed by atoms with Gasteiger partial charge in [-0.1, -0.05) is 34.6 Å². The van der Waals surface area contributed by atoms with Crippen LogP contribution >= 0.6 is 7.82 Å². The number of aliphatic imine (C=N–C) groups is 3. The third kappa shape index (κ3) is 13.0. The van der Waals surface area contributed by atoms with Gasteiger partial charge < -0.3 is 74.2 Å². The Bertz CT molecular complexity index is 3500. The summed E-state index contributed by atoms with van der Waals surface area (Å²) in [4.78, 5) is 126. The van der Waals surface area contributed by atoms with Crippen LogP contribution in [0.3, 0.4) is 0 Å². The molecule has 1 aromatic heterocycles. The molecular formula is C61H88N13O15P. The Morgan fingerprint density at radius 2 is 1.46 bits per heavy atom. The molecule has 6 aliphatic rings. The summed E-state index contributed by atoms with van der Waals surface area (Å²) in [6, 6.07) is 4.01. The molecule has 2 fully saturated rings. The average molecular weight is 1270 g/mol. The molecule has 90 heavy (non-hydrogen) atoms. The lowest BCUT2D eigenvalue weighted by molar-refractivity contribution is -0.124. The first-order valence-corrected chi connectivity index (χ1v) is 31.8. The third-order valence-corrected chi connectivity index (χ3v) is 21.3. The zero-order valence-corrected chi connectivity index (χ0v) is 53.6. The fraction of sp³-hybridized carbons (Fsp3) is 0.623. The molecule has 6 aliphatic heterocycles. The van der Waals surface area contributed by atoms with Gasteiger partial charge in [-0.15, -0.1) is 0 Å². The highest BCUT2D eigenvalue weighted by Crippen LogP contribution is 2.63. The summed E-state index contributed by atoms with van der Waals surface area (Å²) in [5.74, 6) is -6.73. The van der Waals surface area contributed by atoms with E-state index in [1.54, 1.807) is 18.2 Å². The Balaban J connectivity index is 1.19. The zero-order chi connectivity index (χ0) is 66.5. The zero-order valence-electron chi connectivity index (χ0n) is 52.7. The number of rotatable bonds is 27. The van der Waals surface area contributed by atoms with E-state index < -0.39 is 143 Å². The molecule has 8 bridgehead atoms. The molecule has 0 saturated carbocycles. The standard InChI is InChI=1S/C61H88N13O15P/c1-29(88-90(84,85)89-52-40(27-75)87-56(51(52)83)74-28-69-37-15-11-32(86-10)21-39(37)74)26-68-48(82)19-20-58(6)36(22-45(65)79)55-61(9)60(8,25-47(67)81)35(14-18-44(64)78)50(73-61)31(3)54-59(7,24-46(66)80)33(12-16-42(62)76)38(70-54)23-41-57(4,5)34(13-17-43(63)77)49(71-41)30(2)53(58)72-55/h11,15,21,23,28-29,33-36,40,51-52,55-56,70,75,83H,12-14,16-20,22,24-27H2,1-10H3,(H2,62,76)(H2,63,77)(H2,64,78)(H2,65,79)(H2,66,80)(H2,67,81)(H,68,82)(H,84,85)/b38-23?,49-30?,54-31-/t29-,33-,34-,35-,36+,40-,51-,52-,55-,56+,58-,59+,60+,61+/m1/s1. The minimum Gasteiger partial charge on any atom is -0.497 e. The number of fused-ring (bicyclic) bond motifs is 7. The largest absolute Gasteiger partial charge is 0.497 e. The van der Waals surface area contributed by atoms with Crippen LogP contribution < -0.4 is 49.8 Å². The average Bonchev–Trinajstić information content (AvgIpc) is 1.53. The number of aromatic nitrogens is 2. The van der Waals surface area contributed by atoms with E-state index >= 15 is 0 Å². The molecular weight excluding hydrogens is 1190 g/mol. The Labute approximate surface area is 522 Å². The molecule has 492 valence electrons. The van der Waals surface area contributed by atoms with Crippen molar-refractivity contribution in [3.63, 3.8) is 0 Å². The van der Waals surface area contributed by atoms with Gasteiger partial charge in [0.15, 0.2) is 6.23 Å². The van der Waals surface area contributed by atoms with Gasteiger partial charge in [0.25, 0.3) is 0 Å². The number of primary amides is 6. The van der Waals surface area contributed by atoms with Gasteiger partial charge in [-0.2, -0.15) is 0 Å². The quantitative estimate of drug-likeness (QED) is 0.0573. The van der Waals surface area contributed by atoms with Gasteiger partial charge in [-0.3, -0.25) is 57.6 Å². The van der Waals surface area contributed by atoms with Crippen molar-refractivity contribution >= 4 is 77.3 Å². The number of hydrogen-bond donors (Lipinski definition) is 11. The summed E-state index contributed by atoms with van der Waals surface area (Å²) in [6.45, 7) is 15.3. The number of hydrogen-bond acceptors (Lipinski definition) is 19. The number of amides is 7. The highest BCUT2D eigenvalue weighted by molar-refractivity contribution is 7.47. The Kier molecular flexibility index (Phi) is 19.7. The van der Waals surface area contributed by atoms with Crippen molar-refractivity contribution in [2.45, 2.75) is 175 Å². The maximum absolute atomic E-state index is 14.4. The van der Waals surface area contributed by atoms with Crippen molar-refractivity contribution in [2.24, 2.45) is 94.7 Å². The molecule has 0 radical (unpaired) electrons. The lowest BCUT2D eigenvalue weighted by Gasteiger charge is -2.48. The number of carbonyl (C=O) groups is 7. The van der Waals surface area contributed by atoms with Gasteiger partial charge in [0, 0.05) is 137 Å². The van der Waals surface area contributed by atoms with Crippen LogP contribution in [0.15, 0.2) is 73.8 Å². The Morgan fingerprint density at radius 3 is 2.04 bits per heavy atom. The van der Waals surface area contributed by atoms with Crippen molar-refractivity contribution in [1.82, 2.24) is 20.2 Å². The highest BCUT2D eigenvalue weighted by atomic mass is 31.2. The predicted molar refractivity (Wildman–Crippen MR) is 331 cm³/mol. The minimum absolute atomic E-state index is 0.0177. The first kappa shape index (κ1) is 68.7. The summed E-state index contributed by atoms with van der Waals surface area (Å²) in [5.41, 5.74) is 35.2. The number of aliphatic hydroxyl groups excluding tert-OH is 2. The van der Waals surface area contributed by atoms with Gasteiger partial charge in [-0.25, -0.2) is 9.55 Å². The Hall–Kier alpha value is -7.20. The van der Waals surface area contributed by atoms with Crippen molar-refractivity contribution in [3.8, 4) is 5.75 Å². The van der Waals surface area contributed by atoms with E-state index in [1.165, 1.54) is 24.9 Å². The van der Waals surface area contributed by atoms with Crippen molar-refractivity contribution in [1.29, 1.82) is 0 Å². The topological polar surface area (TPSA) is 469 Å². The number of methoxy groups -OCH3 is 1. The molecule has 17 N–H and O–H groups in total. The van der Waals surface area contributed by atoms with Crippen LogP contribution in [0.25, 0.3) is 11.0 Å². The second kappa shape index (κ2) is 25.8. The van der Waals surface area contributed by atoms with E-state index in [0.717, 1.165) is 0 Å². The van der Waals surface area contributed by atoms with Crippen LogP contribution in [-0.4, -0.2) is 139 Å². The van der Waals surface area contributed by atoms with Gasteiger partial charge in [0.05, 0.1) is 48.8 Å². The molecule has 1 unspecified atom stereocenters. The summed E-state index contributed by atoms with van der Waals surface area (Å²) < 4.78 is 37.4. The predicted octanol–water partition coefficient (Wildman–Crippen LogP) is 2.56. The summed E-state index contributed by atoms with van der Waals surface area (Å²) >= 11 is 0. The van der Waals surface area contributed by atoms with Crippen LogP contribution in [0.4, 0.5) is 0 Å². The van der Waals surface area contributed by atoms with Crippen LogP contribution in [0, 0.1) is 45.3 Å². The molecule has 7 amide bonds. The van der Waals surface area contributed by atoms with Crippen LogP contribution in [0.5, 0.6) is 5.75 Å². The lowest BCUT2D eigenvalue weighted by atomic mass is 9.55. The highest BCUT2D eigenvalue weighted by Gasteiger charge is 2.66. The summed E-state index contributed by atoms with van der Waals surface area (Å²) in [6.07, 6.45) is -4.52. The number of imidazole rings is 1. The maximum atomic E-state index is 14.4. The van der Waals surface area contributed by atoms with Crippen LogP contribution in [0.2, 0.25) is 0 Å². The van der Waals surface area contributed by atoms with E-state index in [9.17, 15) is 53.2 Å². The second-order valence-electron chi connectivity index (χ2n) is 26.5. The molecule has 0 spiro atoms. The summed E-state index contributed by atoms with van der Waals surface area (Å²) in [5, 5.41) is 28.2. The van der Waals surface area contributed by atoms with E-state index in [1.807, 2.05) is 61.5 Å². The van der Waals surface area contributed by atoms with Crippen molar-refractivity contribution in [3.05, 3.63) is 58.8 Å². The fourth-order valence-electron chi connectivity index (χ4n) is 15.3. The van der Waals surface area contributed by atoms with Gasteiger partial charge >= 0.3 is 7.82 Å². The molecule has 2 saturated heterocycles. The fourth-order valence-corrected chi connectivity index (χ4v) is 16.4. The normalized spacial score (nSPS) is 32.8.